The van der Waals surface area contributed by atoms with Gasteiger partial charge in [-0.05, 0) is 25.7 Å². The van der Waals surface area contributed by atoms with Gasteiger partial charge in [0, 0.05) is 0 Å². The van der Waals surface area contributed by atoms with E-state index in [1.165, 1.54) is 0 Å². The van der Waals surface area contributed by atoms with E-state index in [-0.39, 0.29) is 5.92 Å². The molecule has 0 radical (unpaired) electrons. The Hall–Kier alpha value is -0.370. The topological polar surface area (TPSA) is 37.3 Å². The monoisotopic (exact) mass is 142 g/mol. The van der Waals surface area contributed by atoms with Crippen LogP contribution < -0.4 is 0 Å². The van der Waals surface area contributed by atoms with Crippen LogP contribution in [0.4, 0.5) is 0 Å². The Morgan fingerprint density at radius 2 is 2.00 bits per heavy atom. The van der Waals surface area contributed by atoms with Gasteiger partial charge in [0.1, 0.15) is 5.60 Å². The predicted octanol–water partition coefficient (Wildman–Crippen LogP) is 1.13. The van der Waals surface area contributed by atoms with Gasteiger partial charge in [0.2, 0.25) is 0 Å². The van der Waals surface area contributed by atoms with Gasteiger partial charge in [0.25, 0.3) is 0 Å². The maximum absolute atomic E-state index is 10.4. The SMILES string of the molecule is CC(O)(C=O)C1CCCC1. The zero-order chi connectivity index (χ0) is 7.61. The second kappa shape index (κ2) is 2.70. The first-order valence-electron chi connectivity index (χ1n) is 3.85. The molecule has 1 aliphatic rings. The Labute approximate surface area is 61.2 Å². The number of aldehydes is 1. The largest absolute Gasteiger partial charge is 0.382 e. The number of hydrogen-bond donors (Lipinski definition) is 1. The van der Waals surface area contributed by atoms with E-state index in [2.05, 4.69) is 0 Å². The van der Waals surface area contributed by atoms with Crippen LogP contribution >= 0.6 is 0 Å². The van der Waals surface area contributed by atoms with Crippen LogP contribution in [0, 0.1) is 5.92 Å². The van der Waals surface area contributed by atoms with E-state index in [9.17, 15) is 9.90 Å². The summed E-state index contributed by atoms with van der Waals surface area (Å²) in [5, 5.41) is 9.45. The van der Waals surface area contributed by atoms with Gasteiger partial charge in [-0.15, -0.1) is 0 Å². The molecule has 0 saturated heterocycles. The maximum atomic E-state index is 10.4. The fourth-order valence-electron chi connectivity index (χ4n) is 1.61. The molecule has 1 N–H and O–H groups in total. The molecule has 58 valence electrons. The Morgan fingerprint density at radius 3 is 2.40 bits per heavy atom. The first kappa shape index (κ1) is 7.73. The van der Waals surface area contributed by atoms with Gasteiger partial charge in [-0.2, -0.15) is 0 Å². The molecule has 0 amide bonds. The van der Waals surface area contributed by atoms with Crippen LogP contribution in [0.2, 0.25) is 0 Å². The summed E-state index contributed by atoms with van der Waals surface area (Å²) in [6.45, 7) is 1.61. The van der Waals surface area contributed by atoms with E-state index in [1.807, 2.05) is 0 Å². The quantitative estimate of drug-likeness (QED) is 0.587. The lowest BCUT2D eigenvalue weighted by Crippen LogP contribution is -2.34. The molecule has 10 heavy (non-hydrogen) atoms. The summed E-state index contributed by atoms with van der Waals surface area (Å²) in [5.74, 6) is 0.213. The molecule has 1 saturated carbocycles. The predicted molar refractivity (Wildman–Crippen MR) is 38.6 cm³/mol. The van der Waals surface area contributed by atoms with Crippen LogP contribution in [0.5, 0.6) is 0 Å². The van der Waals surface area contributed by atoms with E-state index in [4.69, 9.17) is 0 Å². The molecule has 0 aliphatic heterocycles. The maximum Gasteiger partial charge on any atom is 0.151 e. The zero-order valence-corrected chi connectivity index (χ0v) is 6.34. The third-order valence-corrected chi connectivity index (χ3v) is 2.42. The Bertz CT molecular complexity index is 123. The summed E-state index contributed by atoms with van der Waals surface area (Å²) in [6.07, 6.45) is 5.00. The molecule has 1 atom stereocenters. The molecule has 0 bridgehead atoms. The van der Waals surface area contributed by atoms with Gasteiger partial charge < -0.3 is 9.90 Å². The Morgan fingerprint density at radius 1 is 1.50 bits per heavy atom. The van der Waals surface area contributed by atoms with Crippen LogP contribution in [-0.2, 0) is 4.79 Å². The molecule has 2 heteroatoms. The molecule has 1 unspecified atom stereocenters. The van der Waals surface area contributed by atoms with Gasteiger partial charge >= 0.3 is 0 Å². The molecular weight excluding hydrogens is 128 g/mol. The van der Waals surface area contributed by atoms with E-state index < -0.39 is 5.60 Å². The normalized spacial score (nSPS) is 26.2. The smallest absolute Gasteiger partial charge is 0.151 e. The van der Waals surface area contributed by atoms with Crippen molar-refractivity contribution in [3.63, 3.8) is 0 Å². The minimum absolute atomic E-state index is 0.213. The van der Waals surface area contributed by atoms with Crippen LogP contribution in [-0.4, -0.2) is 17.0 Å². The van der Waals surface area contributed by atoms with Crippen molar-refractivity contribution in [3.05, 3.63) is 0 Å². The van der Waals surface area contributed by atoms with Gasteiger partial charge in [-0.25, -0.2) is 0 Å². The molecule has 2 nitrogen and oxygen atoms in total. The van der Waals surface area contributed by atoms with Crippen LogP contribution in [0.3, 0.4) is 0 Å². The highest BCUT2D eigenvalue weighted by Crippen LogP contribution is 2.32. The van der Waals surface area contributed by atoms with Crippen molar-refractivity contribution in [1.29, 1.82) is 0 Å². The molecule has 0 heterocycles. The van der Waals surface area contributed by atoms with Crippen molar-refractivity contribution in [2.75, 3.05) is 0 Å². The fraction of sp³-hybridized carbons (Fsp3) is 0.875. The third kappa shape index (κ3) is 1.37. The van der Waals surface area contributed by atoms with Crippen LogP contribution in [0.1, 0.15) is 32.6 Å². The van der Waals surface area contributed by atoms with Gasteiger partial charge in [0.15, 0.2) is 6.29 Å². The van der Waals surface area contributed by atoms with E-state index in [0.717, 1.165) is 25.7 Å². The summed E-state index contributed by atoms with van der Waals surface area (Å²) in [4.78, 5) is 10.4. The lowest BCUT2D eigenvalue weighted by molar-refractivity contribution is -0.127. The Balaban J connectivity index is 2.53. The van der Waals surface area contributed by atoms with Crippen molar-refractivity contribution < 1.29 is 9.90 Å². The minimum Gasteiger partial charge on any atom is -0.382 e. The fourth-order valence-corrected chi connectivity index (χ4v) is 1.61. The molecule has 0 aromatic heterocycles. The van der Waals surface area contributed by atoms with Crippen molar-refractivity contribution in [2.24, 2.45) is 5.92 Å². The highest BCUT2D eigenvalue weighted by Gasteiger charge is 2.33. The summed E-state index contributed by atoms with van der Waals surface area (Å²) in [7, 11) is 0. The molecular formula is C8H14O2. The Kier molecular flexibility index (Phi) is 2.09. The minimum atomic E-state index is -1.06. The van der Waals surface area contributed by atoms with Crippen LogP contribution in [0.25, 0.3) is 0 Å². The second-order valence-corrected chi connectivity index (χ2v) is 3.33. The standard InChI is InChI=1S/C8H14O2/c1-8(10,6-9)7-4-2-3-5-7/h6-7,10H,2-5H2,1H3. The summed E-state index contributed by atoms with van der Waals surface area (Å²) in [6, 6.07) is 0. The number of hydrogen-bond acceptors (Lipinski definition) is 2. The highest BCUT2D eigenvalue weighted by atomic mass is 16.3. The first-order chi connectivity index (χ1) is 4.67. The number of carbonyl (C=O) groups is 1. The molecule has 0 aromatic rings. The lowest BCUT2D eigenvalue weighted by Gasteiger charge is -2.22. The number of rotatable bonds is 2. The molecule has 1 rings (SSSR count). The summed E-state index contributed by atoms with van der Waals surface area (Å²) >= 11 is 0. The third-order valence-electron chi connectivity index (χ3n) is 2.42. The van der Waals surface area contributed by atoms with Gasteiger partial charge in [0.05, 0.1) is 0 Å². The molecule has 0 spiro atoms. The van der Waals surface area contributed by atoms with E-state index in [1.54, 1.807) is 6.92 Å². The highest BCUT2D eigenvalue weighted by molar-refractivity contribution is 5.61. The average molecular weight is 142 g/mol. The van der Waals surface area contributed by atoms with E-state index in [0.29, 0.717) is 6.29 Å². The number of carbonyl (C=O) groups excluding carboxylic acids is 1. The molecule has 0 aromatic carbocycles. The van der Waals surface area contributed by atoms with E-state index >= 15 is 0 Å². The average Bonchev–Trinajstić information content (AvgIpc) is 2.38. The van der Waals surface area contributed by atoms with Crippen molar-refractivity contribution >= 4 is 6.29 Å². The van der Waals surface area contributed by atoms with Crippen molar-refractivity contribution in [2.45, 2.75) is 38.2 Å². The first-order valence-corrected chi connectivity index (χ1v) is 3.85. The summed E-state index contributed by atoms with van der Waals surface area (Å²) in [5.41, 5.74) is -1.06. The lowest BCUT2D eigenvalue weighted by atomic mass is 9.89. The van der Waals surface area contributed by atoms with Crippen LogP contribution in [0.15, 0.2) is 0 Å². The summed E-state index contributed by atoms with van der Waals surface area (Å²) < 4.78 is 0. The van der Waals surface area contributed by atoms with Crippen molar-refractivity contribution in [1.82, 2.24) is 0 Å². The number of aliphatic hydroxyl groups is 1. The molecule has 1 aliphatic carbocycles. The van der Waals surface area contributed by atoms with Gasteiger partial charge in [-0.3, -0.25) is 0 Å². The zero-order valence-electron chi connectivity index (χ0n) is 6.34. The van der Waals surface area contributed by atoms with Crippen molar-refractivity contribution in [3.8, 4) is 0 Å². The molecule has 1 fully saturated rings. The second-order valence-electron chi connectivity index (χ2n) is 3.33. The van der Waals surface area contributed by atoms with Gasteiger partial charge in [-0.1, -0.05) is 12.8 Å².